The molecule has 2 atom stereocenters. The zero-order valence-electron chi connectivity index (χ0n) is 25.9. The zero-order valence-corrected chi connectivity index (χ0v) is 26.7. The maximum absolute atomic E-state index is 13.8. The van der Waals surface area contributed by atoms with Crippen molar-refractivity contribution in [3.05, 3.63) is 77.0 Å². The van der Waals surface area contributed by atoms with Gasteiger partial charge in [-0.15, -0.1) is 0 Å². The lowest BCUT2D eigenvalue weighted by molar-refractivity contribution is -0.167. The number of aliphatic hydroxyl groups is 1. The molecular weight excluding hydrogens is 656 g/mol. The van der Waals surface area contributed by atoms with E-state index in [1.807, 2.05) is 0 Å². The number of amides is 5. The Hall–Kier alpha value is -5.58. The molecule has 3 aliphatic rings. The monoisotopic (exact) mass is 684 g/mol. The Morgan fingerprint density at radius 2 is 1.78 bits per heavy atom. The predicted molar refractivity (Wildman–Crippen MR) is 174 cm³/mol. The third-order valence-corrected chi connectivity index (χ3v) is 9.62. The van der Waals surface area contributed by atoms with Crippen molar-refractivity contribution in [1.82, 2.24) is 9.36 Å². The van der Waals surface area contributed by atoms with E-state index in [2.05, 4.69) is 14.7 Å². The summed E-state index contributed by atoms with van der Waals surface area (Å²) in [5, 5.41) is 13.6. The highest BCUT2D eigenvalue weighted by Gasteiger charge is 2.44. The fourth-order valence-corrected chi connectivity index (χ4v) is 7.09. The highest BCUT2D eigenvalue weighted by Crippen LogP contribution is 2.41. The minimum Gasteiger partial charge on any atom is -0.449 e. The van der Waals surface area contributed by atoms with Crippen LogP contribution in [-0.2, 0) is 29.5 Å². The number of hydrogen-bond acceptors (Lipinski definition) is 12. The van der Waals surface area contributed by atoms with Gasteiger partial charge in [0.1, 0.15) is 11.4 Å². The number of morpholine rings is 1. The molecule has 4 aromatic rings. The van der Waals surface area contributed by atoms with Crippen LogP contribution < -0.4 is 20.9 Å². The molecule has 0 unspecified atom stereocenters. The first-order chi connectivity index (χ1) is 23.5. The summed E-state index contributed by atoms with van der Waals surface area (Å²) in [4.78, 5) is 85.4. The number of nitrogens with one attached hydrogen (secondary N) is 1. The fraction of sp³-hybridized carbons (Fsp3) is 0.273. The number of benzene rings is 2. The van der Waals surface area contributed by atoms with E-state index >= 15 is 0 Å². The average Bonchev–Trinajstić information content (AvgIpc) is 3.59. The molecule has 0 bridgehead atoms. The van der Waals surface area contributed by atoms with Gasteiger partial charge in [-0.05, 0) is 67.2 Å². The second-order valence-electron chi connectivity index (χ2n) is 11.8. The van der Waals surface area contributed by atoms with E-state index < -0.39 is 53.3 Å². The quantitative estimate of drug-likeness (QED) is 0.181. The standard InChI is InChI=1S/C33H28N6O9S/c1-16(40)48-24(25-32(45)38(14-15-47-25)22-9-4-8-21(36-22)33(46)12-5-13-33)29(42)35-20-11-10-19-26(23(20)27(34)41)49-37-28(19)39-30(43)17-6-2-3-7-18(17)31(39)44/h2-4,6-11,24-25,46H,5,12-15H2,1H3,(H2,34,41)(H,35,42)/t24-,25-/m1/s1. The lowest BCUT2D eigenvalue weighted by Gasteiger charge is -2.37. The van der Waals surface area contributed by atoms with E-state index in [0.717, 1.165) is 29.8 Å². The van der Waals surface area contributed by atoms with Crippen LogP contribution in [0.5, 0.6) is 0 Å². The van der Waals surface area contributed by atoms with Gasteiger partial charge < -0.3 is 25.6 Å². The van der Waals surface area contributed by atoms with Crippen molar-refractivity contribution in [2.45, 2.75) is 44.0 Å². The van der Waals surface area contributed by atoms with Crippen LogP contribution in [0.4, 0.5) is 17.3 Å². The maximum Gasteiger partial charge on any atom is 0.303 e. The summed E-state index contributed by atoms with van der Waals surface area (Å²) in [6.45, 7) is 1.12. The molecule has 250 valence electrons. The van der Waals surface area contributed by atoms with Crippen molar-refractivity contribution in [2.24, 2.45) is 5.73 Å². The van der Waals surface area contributed by atoms with Crippen LogP contribution in [0.3, 0.4) is 0 Å². The summed E-state index contributed by atoms with van der Waals surface area (Å²) in [7, 11) is 0. The summed E-state index contributed by atoms with van der Waals surface area (Å²) in [6, 6.07) is 14.0. The number of fused-ring (bicyclic) bond motifs is 2. The van der Waals surface area contributed by atoms with Crippen LogP contribution in [0.1, 0.15) is 63.0 Å². The number of rotatable bonds is 8. The number of hydrogen-bond donors (Lipinski definition) is 3. The molecule has 2 aromatic heterocycles. The summed E-state index contributed by atoms with van der Waals surface area (Å²) in [5.41, 5.74) is 5.24. The molecule has 0 spiro atoms. The Labute approximate surface area is 281 Å². The molecule has 7 rings (SSSR count). The second kappa shape index (κ2) is 12.1. The van der Waals surface area contributed by atoms with Crippen molar-refractivity contribution >= 4 is 74.4 Å². The number of carbonyl (C=O) groups excluding carboxylic acids is 6. The van der Waals surface area contributed by atoms with Crippen molar-refractivity contribution in [1.29, 1.82) is 0 Å². The summed E-state index contributed by atoms with van der Waals surface area (Å²) in [5.74, 6) is -4.47. The van der Waals surface area contributed by atoms with E-state index in [0.29, 0.717) is 18.5 Å². The van der Waals surface area contributed by atoms with Crippen LogP contribution in [0, 0.1) is 0 Å². The van der Waals surface area contributed by atoms with Crippen LogP contribution in [0.15, 0.2) is 54.6 Å². The Morgan fingerprint density at radius 1 is 1.06 bits per heavy atom. The number of esters is 1. The number of pyridine rings is 1. The van der Waals surface area contributed by atoms with Gasteiger partial charge in [-0.1, -0.05) is 18.2 Å². The van der Waals surface area contributed by atoms with Gasteiger partial charge in [-0.3, -0.25) is 33.7 Å². The van der Waals surface area contributed by atoms with Gasteiger partial charge in [0.05, 0.1) is 45.9 Å². The first kappa shape index (κ1) is 32.0. The topological polar surface area (TPSA) is 211 Å². The minimum atomic E-state index is -1.79. The largest absolute Gasteiger partial charge is 0.449 e. The number of carbonyl (C=O) groups is 6. The molecule has 5 amide bonds. The fourth-order valence-electron chi connectivity index (χ4n) is 6.17. The lowest BCUT2D eigenvalue weighted by Crippen LogP contribution is -2.57. The molecule has 1 saturated heterocycles. The van der Waals surface area contributed by atoms with Crippen LogP contribution >= 0.6 is 11.5 Å². The third kappa shape index (κ3) is 5.39. The molecule has 1 saturated carbocycles. The van der Waals surface area contributed by atoms with Gasteiger partial charge in [-0.2, -0.15) is 4.37 Å². The van der Waals surface area contributed by atoms with Crippen LogP contribution in [0.2, 0.25) is 0 Å². The van der Waals surface area contributed by atoms with Crippen LogP contribution in [-0.4, -0.2) is 75.3 Å². The van der Waals surface area contributed by atoms with Crippen molar-refractivity contribution in [2.75, 3.05) is 28.3 Å². The van der Waals surface area contributed by atoms with E-state index in [1.54, 1.807) is 30.3 Å². The number of nitrogens with two attached hydrogens (primary N) is 1. The van der Waals surface area contributed by atoms with Gasteiger partial charge in [0.2, 0.25) is 6.10 Å². The second-order valence-corrected chi connectivity index (χ2v) is 12.6. The van der Waals surface area contributed by atoms with E-state index in [9.17, 15) is 33.9 Å². The molecule has 2 fully saturated rings. The van der Waals surface area contributed by atoms with Crippen LogP contribution in [0.25, 0.3) is 10.1 Å². The van der Waals surface area contributed by atoms with Gasteiger partial charge in [0.15, 0.2) is 11.9 Å². The highest BCUT2D eigenvalue weighted by molar-refractivity contribution is 7.14. The Kier molecular flexibility index (Phi) is 7.93. The number of imide groups is 1. The molecule has 2 aliphatic heterocycles. The smallest absolute Gasteiger partial charge is 0.303 e. The molecule has 1 aliphatic carbocycles. The molecule has 49 heavy (non-hydrogen) atoms. The molecule has 2 aromatic carbocycles. The summed E-state index contributed by atoms with van der Waals surface area (Å²) in [6.07, 6.45) is -1.44. The number of ether oxygens (including phenoxy) is 2. The van der Waals surface area contributed by atoms with Crippen molar-refractivity contribution < 1.29 is 43.3 Å². The number of primary amides is 1. The molecule has 15 nitrogen and oxygen atoms in total. The molecule has 16 heteroatoms. The summed E-state index contributed by atoms with van der Waals surface area (Å²) < 4.78 is 15.4. The molecule has 4 N–H and O–H groups in total. The van der Waals surface area contributed by atoms with E-state index in [-0.39, 0.29) is 57.3 Å². The third-order valence-electron chi connectivity index (χ3n) is 8.75. The van der Waals surface area contributed by atoms with Gasteiger partial charge >= 0.3 is 5.97 Å². The van der Waals surface area contributed by atoms with Crippen molar-refractivity contribution in [3.8, 4) is 0 Å². The first-order valence-corrected chi connectivity index (χ1v) is 16.1. The number of aromatic nitrogens is 2. The Morgan fingerprint density at radius 3 is 2.41 bits per heavy atom. The molecule has 0 radical (unpaired) electrons. The van der Waals surface area contributed by atoms with Crippen molar-refractivity contribution in [3.63, 3.8) is 0 Å². The highest BCUT2D eigenvalue weighted by atomic mass is 32.1. The first-order valence-electron chi connectivity index (χ1n) is 15.3. The number of nitrogens with zero attached hydrogens (tertiary/aromatic N) is 4. The molecular formula is C33H28N6O9S. The number of anilines is 3. The maximum atomic E-state index is 13.8. The van der Waals surface area contributed by atoms with Gasteiger partial charge in [-0.25, -0.2) is 9.88 Å². The normalized spacial score (nSPS) is 19.0. The SMILES string of the molecule is CC(=O)O[C@@H](C(=O)Nc1ccc2c(N3C(=O)c4ccccc4C3=O)nsc2c1C(N)=O)[C@H]1OCCN(c2cccc(C3(O)CCC3)n2)C1=O. The molecule has 4 heterocycles. The van der Waals surface area contributed by atoms with E-state index in [1.165, 1.54) is 29.2 Å². The Bertz CT molecular complexity index is 2060. The zero-order chi connectivity index (χ0) is 34.6. The van der Waals surface area contributed by atoms with Gasteiger partial charge in [0.25, 0.3) is 29.5 Å². The predicted octanol–water partition coefficient (Wildman–Crippen LogP) is 2.26. The average molecular weight is 685 g/mol. The minimum absolute atomic E-state index is 0.00670. The lowest BCUT2D eigenvalue weighted by atomic mass is 9.77. The van der Waals surface area contributed by atoms with E-state index in [4.69, 9.17) is 15.2 Å². The Balaban J connectivity index is 1.18. The van der Waals surface area contributed by atoms with Gasteiger partial charge in [0, 0.05) is 12.3 Å². The summed E-state index contributed by atoms with van der Waals surface area (Å²) >= 11 is 0.790.